The molecule has 0 unspecified atom stereocenters. The molecule has 1 N–H and O–H groups in total. The highest BCUT2D eigenvalue weighted by molar-refractivity contribution is 6.35. The lowest BCUT2D eigenvalue weighted by Gasteiger charge is -2.23. The number of anilines is 1. The standard InChI is InChI=1S/C15H17ClFN3O/c1-3-18-13(21)9-20(4-2)12-6-5-10-11(16)7-8-19-15(10)14(12)17/h5-8H,3-4,9H2,1-2H3,(H,18,21). The van der Waals surface area contributed by atoms with Gasteiger partial charge in [0.1, 0.15) is 5.52 Å². The van der Waals surface area contributed by atoms with Crippen LogP contribution >= 0.6 is 11.6 Å². The van der Waals surface area contributed by atoms with Crippen LogP contribution in [0.15, 0.2) is 24.4 Å². The first kappa shape index (κ1) is 15.5. The predicted octanol–water partition coefficient (Wildman–Crippen LogP) is 2.99. The largest absolute Gasteiger partial charge is 0.360 e. The van der Waals surface area contributed by atoms with Gasteiger partial charge in [-0.25, -0.2) is 4.39 Å². The van der Waals surface area contributed by atoms with Crippen molar-refractivity contribution >= 4 is 34.1 Å². The third-order valence-electron chi connectivity index (χ3n) is 3.21. The maximum atomic E-state index is 14.6. The third-order valence-corrected chi connectivity index (χ3v) is 3.54. The molecule has 21 heavy (non-hydrogen) atoms. The highest BCUT2D eigenvalue weighted by atomic mass is 35.5. The Hall–Kier alpha value is -1.88. The lowest BCUT2D eigenvalue weighted by atomic mass is 10.1. The van der Waals surface area contributed by atoms with Crippen LogP contribution in [-0.2, 0) is 4.79 Å². The highest BCUT2D eigenvalue weighted by Crippen LogP contribution is 2.29. The number of pyridine rings is 1. The van der Waals surface area contributed by atoms with Crippen molar-refractivity contribution in [2.45, 2.75) is 13.8 Å². The highest BCUT2D eigenvalue weighted by Gasteiger charge is 2.17. The van der Waals surface area contributed by atoms with Gasteiger partial charge in [0.15, 0.2) is 5.82 Å². The Balaban J connectivity index is 2.40. The second-order valence-electron chi connectivity index (χ2n) is 4.56. The lowest BCUT2D eigenvalue weighted by Crippen LogP contribution is -2.37. The Morgan fingerprint density at radius 1 is 1.38 bits per heavy atom. The zero-order chi connectivity index (χ0) is 15.4. The smallest absolute Gasteiger partial charge is 0.239 e. The average molecular weight is 310 g/mol. The van der Waals surface area contributed by atoms with Gasteiger partial charge >= 0.3 is 0 Å². The molecule has 0 atom stereocenters. The van der Waals surface area contributed by atoms with E-state index in [0.29, 0.717) is 29.2 Å². The maximum Gasteiger partial charge on any atom is 0.239 e. The molecular weight excluding hydrogens is 293 g/mol. The summed E-state index contributed by atoms with van der Waals surface area (Å²) >= 11 is 6.04. The molecule has 0 aliphatic heterocycles. The van der Waals surface area contributed by atoms with Gasteiger partial charge in [-0.15, -0.1) is 0 Å². The summed E-state index contributed by atoms with van der Waals surface area (Å²) in [5.74, 6) is -0.598. The number of amides is 1. The molecule has 0 radical (unpaired) electrons. The van der Waals surface area contributed by atoms with Crippen LogP contribution in [0.4, 0.5) is 10.1 Å². The fourth-order valence-electron chi connectivity index (χ4n) is 2.18. The van der Waals surface area contributed by atoms with Crippen LogP contribution in [0.5, 0.6) is 0 Å². The molecule has 2 rings (SSSR count). The number of carbonyl (C=O) groups excluding carboxylic acids is 1. The second-order valence-corrected chi connectivity index (χ2v) is 4.96. The molecule has 112 valence electrons. The lowest BCUT2D eigenvalue weighted by molar-refractivity contribution is -0.119. The fourth-order valence-corrected chi connectivity index (χ4v) is 2.39. The van der Waals surface area contributed by atoms with Crippen molar-refractivity contribution in [1.82, 2.24) is 10.3 Å². The number of hydrogen-bond acceptors (Lipinski definition) is 3. The van der Waals surface area contributed by atoms with Crippen molar-refractivity contribution in [3.05, 3.63) is 35.2 Å². The van der Waals surface area contributed by atoms with E-state index in [0.717, 1.165) is 0 Å². The van der Waals surface area contributed by atoms with E-state index in [1.807, 2.05) is 13.8 Å². The fraction of sp³-hybridized carbons (Fsp3) is 0.333. The summed E-state index contributed by atoms with van der Waals surface area (Å²) < 4.78 is 14.6. The van der Waals surface area contributed by atoms with Crippen LogP contribution in [0.2, 0.25) is 5.02 Å². The number of likely N-dealkylation sites (N-methyl/N-ethyl adjacent to an activating group) is 2. The molecule has 0 aliphatic rings. The molecular formula is C15H17ClFN3O. The van der Waals surface area contributed by atoms with Gasteiger partial charge < -0.3 is 10.2 Å². The number of nitrogens with one attached hydrogen (secondary N) is 1. The summed E-state index contributed by atoms with van der Waals surface area (Å²) in [5.41, 5.74) is 0.570. The van der Waals surface area contributed by atoms with Crippen LogP contribution in [0.3, 0.4) is 0 Å². The van der Waals surface area contributed by atoms with Gasteiger partial charge in [-0.2, -0.15) is 0 Å². The summed E-state index contributed by atoms with van der Waals surface area (Å²) in [7, 11) is 0. The van der Waals surface area contributed by atoms with E-state index < -0.39 is 5.82 Å². The predicted molar refractivity (Wildman–Crippen MR) is 83.3 cm³/mol. The second kappa shape index (κ2) is 6.72. The molecule has 0 saturated carbocycles. The quantitative estimate of drug-likeness (QED) is 0.923. The molecule has 0 fully saturated rings. The molecule has 1 amide bonds. The molecule has 2 aromatic rings. The normalized spacial score (nSPS) is 10.7. The maximum absolute atomic E-state index is 14.6. The van der Waals surface area contributed by atoms with Gasteiger partial charge in [0.05, 0.1) is 17.3 Å². The topological polar surface area (TPSA) is 45.2 Å². The summed E-state index contributed by atoms with van der Waals surface area (Å²) in [6.07, 6.45) is 1.47. The molecule has 0 aliphatic carbocycles. The molecule has 1 aromatic carbocycles. The monoisotopic (exact) mass is 309 g/mol. The van der Waals surface area contributed by atoms with Gasteiger partial charge in [0, 0.05) is 24.7 Å². The number of hydrogen-bond donors (Lipinski definition) is 1. The molecule has 0 spiro atoms. The van der Waals surface area contributed by atoms with E-state index in [4.69, 9.17) is 11.6 Å². The van der Waals surface area contributed by atoms with Gasteiger partial charge in [-0.05, 0) is 32.0 Å². The third kappa shape index (κ3) is 3.24. The zero-order valence-corrected chi connectivity index (χ0v) is 12.7. The first-order valence-electron chi connectivity index (χ1n) is 6.82. The van der Waals surface area contributed by atoms with E-state index in [2.05, 4.69) is 10.3 Å². The number of nitrogens with zero attached hydrogens (tertiary/aromatic N) is 2. The number of fused-ring (bicyclic) bond motifs is 1. The first-order chi connectivity index (χ1) is 10.1. The van der Waals surface area contributed by atoms with Crippen molar-refractivity contribution in [1.29, 1.82) is 0 Å². The zero-order valence-electron chi connectivity index (χ0n) is 12.0. The first-order valence-corrected chi connectivity index (χ1v) is 7.20. The Kier molecular flexibility index (Phi) is 4.96. The van der Waals surface area contributed by atoms with E-state index >= 15 is 0 Å². The van der Waals surface area contributed by atoms with Crippen molar-refractivity contribution in [3.63, 3.8) is 0 Å². The average Bonchev–Trinajstić information content (AvgIpc) is 2.47. The van der Waals surface area contributed by atoms with E-state index in [-0.39, 0.29) is 18.0 Å². The summed E-state index contributed by atoms with van der Waals surface area (Å²) in [5, 5.41) is 3.73. The van der Waals surface area contributed by atoms with Crippen LogP contribution in [-0.4, -0.2) is 30.5 Å². The van der Waals surface area contributed by atoms with Gasteiger partial charge in [-0.3, -0.25) is 9.78 Å². The molecule has 0 bridgehead atoms. The van der Waals surface area contributed by atoms with Crippen LogP contribution < -0.4 is 10.2 Å². The number of aromatic nitrogens is 1. The summed E-state index contributed by atoms with van der Waals surface area (Å²) in [4.78, 5) is 17.4. The molecule has 4 nitrogen and oxygen atoms in total. The number of carbonyl (C=O) groups is 1. The van der Waals surface area contributed by atoms with Crippen molar-refractivity contribution in [2.24, 2.45) is 0 Å². The van der Waals surface area contributed by atoms with Crippen molar-refractivity contribution < 1.29 is 9.18 Å². The molecule has 0 saturated heterocycles. The molecule has 1 aromatic heterocycles. The summed E-state index contributed by atoms with van der Waals surface area (Å²) in [6, 6.07) is 4.98. The summed E-state index contributed by atoms with van der Waals surface area (Å²) in [6.45, 7) is 4.88. The van der Waals surface area contributed by atoms with Crippen LogP contribution in [0.25, 0.3) is 10.9 Å². The van der Waals surface area contributed by atoms with Crippen LogP contribution in [0.1, 0.15) is 13.8 Å². The minimum Gasteiger partial charge on any atom is -0.360 e. The molecule has 1 heterocycles. The van der Waals surface area contributed by atoms with Gasteiger partial charge in [-0.1, -0.05) is 11.6 Å². The van der Waals surface area contributed by atoms with Crippen molar-refractivity contribution in [2.75, 3.05) is 24.5 Å². The Bertz CT molecular complexity index is 663. The van der Waals surface area contributed by atoms with Gasteiger partial charge in [0.2, 0.25) is 5.91 Å². The minimum atomic E-state index is -0.457. The van der Waals surface area contributed by atoms with E-state index in [1.54, 1.807) is 23.1 Å². The number of rotatable bonds is 5. The Labute approximate surface area is 127 Å². The Morgan fingerprint density at radius 2 is 2.14 bits per heavy atom. The minimum absolute atomic E-state index is 0.104. The van der Waals surface area contributed by atoms with Gasteiger partial charge in [0.25, 0.3) is 0 Å². The number of halogens is 2. The van der Waals surface area contributed by atoms with Crippen molar-refractivity contribution in [3.8, 4) is 0 Å². The number of benzene rings is 1. The van der Waals surface area contributed by atoms with E-state index in [9.17, 15) is 9.18 Å². The van der Waals surface area contributed by atoms with Crippen LogP contribution in [0, 0.1) is 5.82 Å². The Morgan fingerprint density at radius 3 is 2.81 bits per heavy atom. The SMILES string of the molecule is CCNC(=O)CN(CC)c1ccc2c(Cl)ccnc2c1F. The molecule has 6 heteroatoms. The van der Waals surface area contributed by atoms with E-state index in [1.165, 1.54) is 6.20 Å².